The van der Waals surface area contributed by atoms with Crippen molar-refractivity contribution in [2.75, 3.05) is 11.9 Å². The van der Waals surface area contributed by atoms with Gasteiger partial charge in [0.05, 0.1) is 12.1 Å². The molecule has 0 fully saturated rings. The standard InChI is InChI=1S/C11H12N2OS2/c1-8-7-16-11(12-8)13(2)10(14)6-9-4-3-5-15-9/h3-5,7H,6H2,1-2H3. The number of thiophene rings is 1. The van der Waals surface area contributed by atoms with Crippen LogP contribution in [0.3, 0.4) is 0 Å². The number of rotatable bonds is 3. The first-order valence-electron chi connectivity index (χ1n) is 4.88. The third-order valence-corrected chi connectivity index (χ3v) is 4.08. The number of aromatic nitrogens is 1. The maximum Gasteiger partial charge on any atom is 0.233 e. The van der Waals surface area contributed by atoms with Gasteiger partial charge in [0, 0.05) is 17.3 Å². The molecule has 0 aliphatic rings. The largest absolute Gasteiger partial charge is 0.291 e. The molecule has 0 unspecified atom stereocenters. The zero-order valence-corrected chi connectivity index (χ0v) is 10.8. The van der Waals surface area contributed by atoms with Gasteiger partial charge in [-0.1, -0.05) is 6.07 Å². The van der Waals surface area contributed by atoms with Crippen LogP contribution >= 0.6 is 22.7 Å². The molecule has 3 nitrogen and oxygen atoms in total. The quantitative estimate of drug-likeness (QED) is 0.841. The van der Waals surface area contributed by atoms with Gasteiger partial charge < -0.3 is 0 Å². The molecule has 1 amide bonds. The Balaban J connectivity index is 2.05. The van der Waals surface area contributed by atoms with E-state index < -0.39 is 0 Å². The van der Waals surface area contributed by atoms with Crippen molar-refractivity contribution >= 4 is 33.7 Å². The summed E-state index contributed by atoms with van der Waals surface area (Å²) in [7, 11) is 1.77. The van der Waals surface area contributed by atoms with Crippen LogP contribution in [0.1, 0.15) is 10.6 Å². The van der Waals surface area contributed by atoms with Crippen molar-refractivity contribution < 1.29 is 4.79 Å². The van der Waals surface area contributed by atoms with Crippen molar-refractivity contribution in [3.63, 3.8) is 0 Å². The lowest BCUT2D eigenvalue weighted by molar-refractivity contribution is -0.117. The highest BCUT2D eigenvalue weighted by atomic mass is 32.1. The number of hydrogen-bond acceptors (Lipinski definition) is 4. The van der Waals surface area contributed by atoms with Crippen LogP contribution in [0.15, 0.2) is 22.9 Å². The number of likely N-dealkylation sites (N-methyl/N-ethyl adjacent to an activating group) is 1. The third-order valence-electron chi connectivity index (χ3n) is 2.17. The second-order valence-electron chi connectivity index (χ2n) is 3.48. The SMILES string of the molecule is Cc1csc(N(C)C(=O)Cc2cccs2)n1. The van der Waals surface area contributed by atoms with Gasteiger partial charge >= 0.3 is 0 Å². The van der Waals surface area contributed by atoms with Crippen LogP contribution < -0.4 is 4.90 Å². The summed E-state index contributed by atoms with van der Waals surface area (Å²) >= 11 is 3.10. The highest BCUT2D eigenvalue weighted by Crippen LogP contribution is 2.20. The fourth-order valence-corrected chi connectivity index (χ4v) is 2.76. The number of anilines is 1. The van der Waals surface area contributed by atoms with Gasteiger partial charge in [-0.15, -0.1) is 22.7 Å². The predicted molar refractivity (Wildman–Crippen MR) is 68.3 cm³/mol. The number of aryl methyl sites for hydroxylation is 1. The molecule has 0 spiro atoms. The van der Waals surface area contributed by atoms with Crippen molar-refractivity contribution in [2.24, 2.45) is 0 Å². The van der Waals surface area contributed by atoms with E-state index in [1.54, 1.807) is 23.3 Å². The van der Waals surface area contributed by atoms with Crippen molar-refractivity contribution in [1.29, 1.82) is 0 Å². The molecule has 5 heteroatoms. The maximum absolute atomic E-state index is 11.9. The molecule has 0 aliphatic heterocycles. The first-order valence-corrected chi connectivity index (χ1v) is 6.64. The van der Waals surface area contributed by atoms with Crippen molar-refractivity contribution in [3.8, 4) is 0 Å². The van der Waals surface area contributed by atoms with E-state index in [4.69, 9.17) is 0 Å². The monoisotopic (exact) mass is 252 g/mol. The van der Waals surface area contributed by atoms with Gasteiger partial charge in [0.25, 0.3) is 0 Å². The van der Waals surface area contributed by atoms with Gasteiger partial charge in [-0.05, 0) is 18.4 Å². The van der Waals surface area contributed by atoms with Gasteiger partial charge in [0.15, 0.2) is 5.13 Å². The summed E-state index contributed by atoms with van der Waals surface area (Å²) in [5.41, 5.74) is 0.954. The summed E-state index contributed by atoms with van der Waals surface area (Å²) < 4.78 is 0. The van der Waals surface area contributed by atoms with Crippen LogP contribution in [0.25, 0.3) is 0 Å². The van der Waals surface area contributed by atoms with Crippen molar-refractivity contribution in [1.82, 2.24) is 4.98 Å². The van der Waals surface area contributed by atoms with Crippen LogP contribution in [-0.2, 0) is 11.2 Å². The minimum atomic E-state index is 0.0804. The zero-order valence-electron chi connectivity index (χ0n) is 9.14. The summed E-state index contributed by atoms with van der Waals surface area (Å²) in [6.07, 6.45) is 0.451. The Bertz CT molecular complexity index is 476. The predicted octanol–water partition coefficient (Wildman–Crippen LogP) is 2.72. The Kier molecular flexibility index (Phi) is 3.36. The molecule has 0 radical (unpaired) electrons. The molecule has 0 aliphatic carbocycles. The molecule has 0 aromatic carbocycles. The topological polar surface area (TPSA) is 33.2 Å². The molecule has 16 heavy (non-hydrogen) atoms. The highest BCUT2D eigenvalue weighted by Gasteiger charge is 2.14. The van der Waals surface area contributed by atoms with E-state index in [-0.39, 0.29) is 5.91 Å². The fourth-order valence-electron chi connectivity index (χ4n) is 1.28. The molecule has 2 rings (SSSR count). The number of carbonyl (C=O) groups is 1. The first-order chi connectivity index (χ1) is 7.66. The van der Waals surface area contributed by atoms with Gasteiger partial charge in [-0.25, -0.2) is 4.98 Å². The zero-order chi connectivity index (χ0) is 11.5. The third kappa shape index (κ3) is 2.48. The molecule has 2 heterocycles. The minimum absolute atomic E-state index is 0.0804. The average Bonchev–Trinajstić information content (AvgIpc) is 2.88. The van der Waals surface area contributed by atoms with E-state index in [2.05, 4.69) is 4.98 Å². The smallest absolute Gasteiger partial charge is 0.233 e. The molecule has 84 valence electrons. The Labute approximate surface area is 102 Å². The molecule has 0 atom stereocenters. The Hall–Kier alpha value is -1.20. The Morgan fingerprint density at radius 3 is 2.88 bits per heavy atom. The molecule has 0 N–H and O–H groups in total. The van der Waals surface area contributed by atoms with Gasteiger partial charge in [-0.2, -0.15) is 0 Å². The molecule has 2 aromatic rings. The summed E-state index contributed by atoms with van der Waals surface area (Å²) in [6, 6.07) is 3.93. The van der Waals surface area contributed by atoms with Crippen molar-refractivity contribution in [2.45, 2.75) is 13.3 Å². The minimum Gasteiger partial charge on any atom is -0.291 e. The van der Waals surface area contributed by atoms with E-state index in [1.807, 2.05) is 29.8 Å². The van der Waals surface area contributed by atoms with Crippen LogP contribution in [0.5, 0.6) is 0 Å². The van der Waals surface area contributed by atoms with E-state index in [9.17, 15) is 4.79 Å². The van der Waals surface area contributed by atoms with E-state index in [0.717, 1.165) is 15.7 Å². The lowest BCUT2D eigenvalue weighted by atomic mass is 10.3. The van der Waals surface area contributed by atoms with Gasteiger partial charge in [0.1, 0.15) is 0 Å². The van der Waals surface area contributed by atoms with Crippen LogP contribution in [0, 0.1) is 6.92 Å². The summed E-state index contributed by atoms with van der Waals surface area (Å²) in [6.45, 7) is 1.93. The number of hydrogen-bond donors (Lipinski definition) is 0. The number of carbonyl (C=O) groups excluding carboxylic acids is 1. The second kappa shape index (κ2) is 4.76. The molecule has 2 aromatic heterocycles. The maximum atomic E-state index is 11.9. The summed E-state index contributed by atoms with van der Waals surface area (Å²) in [5, 5.41) is 4.69. The number of thiazole rings is 1. The first kappa shape index (κ1) is 11.3. The van der Waals surface area contributed by atoms with E-state index in [1.165, 1.54) is 11.3 Å². The van der Waals surface area contributed by atoms with Crippen LogP contribution in [0.2, 0.25) is 0 Å². The normalized spacial score (nSPS) is 10.4. The van der Waals surface area contributed by atoms with Crippen molar-refractivity contribution in [3.05, 3.63) is 33.5 Å². The Morgan fingerprint density at radius 1 is 1.50 bits per heavy atom. The van der Waals surface area contributed by atoms with Crippen LogP contribution in [0.4, 0.5) is 5.13 Å². The Morgan fingerprint density at radius 2 is 2.31 bits per heavy atom. The lowest BCUT2D eigenvalue weighted by Crippen LogP contribution is -2.27. The molecule has 0 saturated carbocycles. The lowest BCUT2D eigenvalue weighted by Gasteiger charge is -2.12. The van der Waals surface area contributed by atoms with Crippen LogP contribution in [-0.4, -0.2) is 17.9 Å². The van der Waals surface area contributed by atoms with Gasteiger partial charge in [0.2, 0.25) is 5.91 Å². The van der Waals surface area contributed by atoms with Gasteiger partial charge in [-0.3, -0.25) is 9.69 Å². The fraction of sp³-hybridized carbons (Fsp3) is 0.273. The van der Waals surface area contributed by atoms with E-state index in [0.29, 0.717) is 6.42 Å². The van der Waals surface area contributed by atoms with E-state index >= 15 is 0 Å². The highest BCUT2D eigenvalue weighted by molar-refractivity contribution is 7.14. The molecular formula is C11H12N2OS2. The molecule has 0 bridgehead atoms. The number of nitrogens with zero attached hydrogens (tertiary/aromatic N) is 2. The summed E-state index contributed by atoms with van der Waals surface area (Å²) in [4.78, 5) is 18.9. The molecular weight excluding hydrogens is 240 g/mol. The number of amides is 1. The second-order valence-corrected chi connectivity index (χ2v) is 5.35. The summed E-state index contributed by atoms with van der Waals surface area (Å²) in [5.74, 6) is 0.0804. The molecule has 0 saturated heterocycles. The average molecular weight is 252 g/mol.